The van der Waals surface area contributed by atoms with E-state index in [-0.39, 0.29) is 23.3 Å². The Morgan fingerprint density at radius 3 is 2.52 bits per heavy atom. The largest absolute Gasteiger partial charge is 0.444 e. The first-order valence-corrected chi connectivity index (χ1v) is 10.5. The van der Waals surface area contributed by atoms with Crippen LogP contribution < -0.4 is 0 Å². The Morgan fingerprint density at radius 2 is 1.93 bits per heavy atom. The van der Waals surface area contributed by atoms with E-state index in [0.717, 1.165) is 12.0 Å². The molecule has 0 aliphatic carbocycles. The van der Waals surface area contributed by atoms with Crippen molar-refractivity contribution in [2.75, 3.05) is 13.1 Å². The Hall–Kier alpha value is -1.64. The number of carbonyl (C=O) groups excluding carboxylic acids is 1. The van der Waals surface area contributed by atoms with Gasteiger partial charge >= 0.3 is 6.09 Å². The van der Waals surface area contributed by atoms with Gasteiger partial charge in [0.15, 0.2) is 6.29 Å². The van der Waals surface area contributed by atoms with Crippen LogP contribution >= 0.6 is 0 Å². The molecule has 1 amide bonds. The predicted octanol–water partition coefficient (Wildman–Crippen LogP) is 3.06. The van der Waals surface area contributed by atoms with Crippen LogP contribution in [0.15, 0.2) is 29.2 Å². The van der Waals surface area contributed by atoms with Gasteiger partial charge in [-0.05, 0) is 65.0 Å². The highest BCUT2D eigenvalue weighted by Gasteiger charge is 2.30. The highest BCUT2D eigenvalue weighted by atomic mass is 32.2. The van der Waals surface area contributed by atoms with Gasteiger partial charge < -0.3 is 14.7 Å². The van der Waals surface area contributed by atoms with Crippen LogP contribution in [0.4, 0.5) is 4.79 Å². The number of hydrogen-bond donors (Lipinski definition) is 1. The summed E-state index contributed by atoms with van der Waals surface area (Å²) in [6.45, 7) is 8.45. The lowest BCUT2D eigenvalue weighted by molar-refractivity contribution is -0.0216. The predicted molar refractivity (Wildman–Crippen MR) is 101 cm³/mol. The summed E-state index contributed by atoms with van der Waals surface area (Å²) in [6, 6.07) is 6.25. The lowest BCUT2D eigenvalue weighted by Gasteiger charge is -2.24. The van der Waals surface area contributed by atoms with Crippen molar-refractivity contribution in [1.29, 1.82) is 0 Å². The first-order valence-electron chi connectivity index (χ1n) is 9.12. The number of nitrogens with zero attached hydrogens (tertiary/aromatic N) is 1. The van der Waals surface area contributed by atoms with Crippen LogP contribution in [-0.2, 0) is 19.0 Å². The summed E-state index contributed by atoms with van der Waals surface area (Å²) in [4.78, 5) is 13.7. The van der Waals surface area contributed by atoms with E-state index in [1.807, 2.05) is 27.7 Å². The average molecular weight is 400 g/mol. The van der Waals surface area contributed by atoms with Crippen molar-refractivity contribution in [1.82, 2.24) is 4.90 Å². The molecule has 1 aromatic carbocycles. The van der Waals surface area contributed by atoms with Gasteiger partial charge in [0, 0.05) is 13.1 Å². The molecule has 1 N–H and O–H groups in total. The Kier molecular flexibility index (Phi) is 6.88. The SMILES string of the molecule is Cc1ccc(S(=O)(=O)O[C@H](O)CC[C@H]2CCN(C(=O)OC(C)(C)C)C2)cc1. The van der Waals surface area contributed by atoms with Crippen molar-refractivity contribution in [2.45, 2.75) is 63.7 Å². The van der Waals surface area contributed by atoms with Crippen LogP contribution in [0.1, 0.15) is 45.6 Å². The van der Waals surface area contributed by atoms with Gasteiger partial charge in [-0.3, -0.25) is 0 Å². The number of amides is 1. The summed E-state index contributed by atoms with van der Waals surface area (Å²) >= 11 is 0. The zero-order valence-corrected chi connectivity index (χ0v) is 17.2. The van der Waals surface area contributed by atoms with Gasteiger partial charge in [0.2, 0.25) is 0 Å². The minimum absolute atomic E-state index is 0.0177. The number of ether oxygens (including phenoxy) is 1. The molecule has 1 saturated heterocycles. The molecule has 1 aliphatic heterocycles. The quantitative estimate of drug-likeness (QED) is 0.584. The number of aryl methyl sites for hydroxylation is 1. The third kappa shape index (κ3) is 6.79. The molecule has 2 rings (SSSR count). The van der Waals surface area contributed by atoms with Gasteiger partial charge in [-0.2, -0.15) is 8.42 Å². The normalized spacial score (nSPS) is 19.1. The molecule has 27 heavy (non-hydrogen) atoms. The zero-order valence-electron chi connectivity index (χ0n) is 16.3. The smallest absolute Gasteiger partial charge is 0.410 e. The fraction of sp³-hybridized carbons (Fsp3) is 0.632. The van der Waals surface area contributed by atoms with Crippen molar-refractivity contribution in [3.63, 3.8) is 0 Å². The van der Waals surface area contributed by atoms with Gasteiger partial charge in [-0.15, -0.1) is 0 Å². The van der Waals surface area contributed by atoms with Crippen LogP contribution in [-0.4, -0.2) is 49.5 Å². The molecule has 0 saturated carbocycles. The fourth-order valence-corrected chi connectivity index (χ4v) is 3.86. The van der Waals surface area contributed by atoms with Crippen molar-refractivity contribution in [2.24, 2.45) is 5.92 Å². The van der Waals surface area contributed by atoms with Crippen LogP contribution in [0.25, 0.3) is 0 Å². The van der Waals surface area contributed by atoms with Crippen molar-refractivity contribution in [3.8, 4) is 0 Å². The maximum atomic E-state index is 12.2. The maximum absolute atomic E-state index is 12.2. The molecule has 0 bridgehead atoms. The second-order valence-electron chi connectivity index (χ2n) is 7.98. The van der Waals surface area contributed by atoms with Crippen molar-refractivity contribution in [3.05, 3.63) is 29.8 Å². The molecule has 8 heteroatoms. The molecule has 0 spiro atoms. The van der Waals surface area contributed by atoms with E-state index in [0.29, 0.717) is 19.5 Å². The fourth-order valence-electron chi connectivity index (χ4n) is 2.89. The molecule has 1 fully saturated rings. The number of hydrogen-bond acceptors (Lipinski definition) is 6. The highest BCUT2D eigenvalue weighted by molar-refractivity contribution is 7.86. The molecule has 1 heterocycles. The third-order valence-corrected chi connectivity index (χ3v) is 5.63. The molecule has 2 atom stereocenters. The Morgan fingerprint density at radius 1 is 1.30 bits per heavy atom. The average Bonchev–Trinajstić information content (AvgIpc) is 3.00. The summed E-state index contributed by atoms with van der Waals surface area (Å²) in [5.74, 6) is 0.179. The second-order valence-corrected chi connectivity index (χ2v) is 9.55. The minimum atomic E-state index is -4.00. The second kappa shape index (κ2) is 8.58. The monoisotopic (exact) mass is 399 g/mol. The summed E-state index contributed by atoms with van der Waals surface area (Å²) in [5, 5.41) is 9.98. The Balaban J connectivity index is 1.80. The summed E-state index contributed by atoms with van der Waals surface area (Å²) in [7, 11) is -4.00. The molecule has 152 valence electrons. The van der Waals surface area contributed by atoms with E-state index >= 15 is 0 Å². The van der Waals surface area contributed by atoms with E-state index in [1.165, 1.54) is 12.1 Å². The van der Waals surface area contributed by atoms with Gasteiger partial charge in [-0.25, -0.2) is 8.98 Å². The number of benzene rings is 1. The molecular weight excluding hydrogens is 370 g/mol. The van der Waals surface area contributed by atoms with Crippen LogP contribution in [0.5, 0.6) is 0 Å². The standard InChI is InChI=1S/C19H29NO6S/c1-14-5-8-16(9-6-14)27(23,24)26-17(21)10-7-15-11-12-20(13-15)18(22)25-19(2,3)4/h5-6,8-9,15,17,21H,7,10-13H2,1-4H3/t15-,17-/m0/s1. The van der Waals surface area contributed by atoms with Crippen molar-refractivity contribution < 1.29 is 27.2 Å². The number of aliphatic hydroxyl groups excluding tert-OH is 1. The Bertz CT molecular complexity index is 738. The van der Waals surface area contributed by atoms with E-state index < -0.39 is 22.0 Å². The lowest BCUT2D eigenvalue weighted by Crippen LogP contribution is -2.35. The van der Waals surface area contributed by atoms with Crippen LogP contribution in [0, 0.1) is 12.8 Å². The van der Waals surface area contributed by atoms with E-state index in [4.69, 9.17) is 8.92 Å². The molecular formula is C19H29NO6S. The van der Waals surface area contributed by atoms with Crippen LogP contribution in [0.3, 0.4) is 0 Å². The summed E-state index contributed by atoms with van der Waals surface area (Å²) in [5.41, 5.74) is 0.397. The molecule has 1 aliphatic rings. The van der Waals surface area contributed by atoms with Gasteiger partial charge in [-0.1, -0.05) is 17.7 Å². The van der Waals surface area contributed by atoms with E-state index in [1.54, 1.807) is 17.0 Å². The third-order valence-electron chi connectivity index (χ3n) is 4.31. The molecule has 7 nitrogen and oxygen atoms in total. The van der Waals surface area contributed by atoms with Gasteiger partial charge in [0.1, 0.15) is 5.60 Å². The number of carbonyl (C=O) groups is 1. The van der Waals surface area contributed by atoms with E-state index in [2.05, 4.69) is 0 Å². The number of likely N-dealkylation sites (tertiary alicyclic amines) is 1. The number of rotatable bonds is 6. The minimum Gasteiger partial charge on any atom is -0.444 e. The van der Waals surface area contributed by atoms with E-state index in [9.17, 15) is 18.3 Å². The lowest BCUT2D eigenvalue weighted by atomic mass is 10.0. The Labute approximate surface area is 161 Å². The highest BCUT2D eigenvalue weighted by Crippen LogP contribution is 2.25. The molecule has 0 unspecified atom stereocenters. The van der Waals surface area contributed by atoms with Gasteiger partial charge in [0.25, 0.3) is 10.1 Å². The molecule has 1 aromatic rings. The van der Waals surface area contributed by atoms with Crippen LogP contribution in [0.2, 0.25) is 0 Å². The maximum Gasteiger partial charge on any atom is 0.410 e. The summed E-state index contributed by atoms with van der Waals surface area (Å²) < 4.78 is 34.6. The first kappa shape index (κ1) is 21.7. The number of aliphatic hydroxyl groups is 1. The zero-order chi connectivity index (χ0) is 20.2. The first-order chi connectivity index (χ1) is 12.5. The molecule has 0 radical (unpaired) electrons. The molecule has 0 aromatic heterocycles. The van der Waals surface area contributed by atoms with Gasteiger partial charge in [0.05, 0.1) is 4.90 Å². The topological polar surface area (TPSA) is 93.1 Å². The summed E-state index contributed by atoms with van der Waals surface area (Å²) in [6.07, 6.45) is -0.228. The van der Waals surface area contributed by atoms with Crippen molar-refractivity contribution >= 4 is 16.2 Å².